The number of benzene rings is 1. The third-order valence-electron chi connectivity index (χ3n) is 3.13. The lowest BCUT2D eigenvalue weighted by Gasteiger charge is -2.33. The van der Waals surface area contributed by atoms with E-state index in [1.54, 1.807) is 12.1 Å². The molecule has 1 aromatic rings. The molecular weight excluding hydrogens is 266 g/mol. The lowest BCUT2D eigenvalue weighted by molar-refractivity contribution is -0.123. The Bertz CT molecular complexity index is 442. The Morgan fingerprint density at radius 1 is 1.58 bits per heavy atom. The molecule has 1 aliphatic heterocycles. The number of rotatable bonds is 5. The second kappa shape index (κ2) is 6.75. The summed E-state index contributed by atoms with van der Waals surface area (Å²) >= 11 is 5.88. The van der Waals surface area contributed by atoms with Gasteiger partial charge in [-0.2, -0.15) is 0 Å². The van der Waals surface area contributed by atoms with E-state index < -0.39 is 0 Å². The standard InChI is InChI=1S/C13H18ClN3O2/c14-10-2-1-3-11(8-10)19-7-6-17-5-4-16-9-12(17)13(15)18/h1-3,8,12,16H,4-7,9H2,(H2,15,18). The highest BCUT2D eigenvalue weighted by molar-refractivity contribution is 6.30. The lowest BCUT2D eigenvalue weighted by atomic mass is 10.2. The van der Waals surface area contributed by atoms with E-state index in [9.17, 15) is 4.79 Å². The molecular formula is C13H18ClN3O2. The fourth-order valence-electron chi connectivity index (χ4n) is 2.13. The first-order valence-corrected chi connectivity index (χ1v) is 6.67. The topological polar surface area (TPSA) is 67.6 Å². The first kappa shape index (κ1) is 14.1. The van der Waals surface area contributed by atoms with Gasteiger partial charge in [-0.3, -0.25) is 9.69 Å². The van der Waals surface area contributed by atoms with Gasteiger partial charge in [-0.25, -0.2) is 0 Å². The van der Waals surface area contributed by atoms with Gasteiger partial charge in [0.05, 0.1) is 0 Å². The first-order valence-electron chi connectivity index (χ1n) is 6.29. The molecule has 2 rings (SSSR count). The van der Waals surface area contributed by atoms with Crippen LogP contribution in [0.4, 0.5) is 0 Å². The number of nitrogens with zero attached hydrogens (tertiary/aromatic N) is 1. The minimum absolute atomic E-state index is 0.253. The maximum absolute atomic E-state index is 11.3. The summed E-state index contributed by atoms with van der Waals surface area (Å²) in [5.74, 6) is 0.438. The summed E-state index contributed by atoms with van der Waals surface area (Å²) in [6.07, 6.45) is 0. The van der Waals surface area contributed by atoms with E-state index in [0.29, 0.717) is 24.7 Å². The maximum atomic E-state index is 11.3. The lowest BCUT2D eigenvalue weighted by Crippen LogP contribution is -2.57. The summed E-state index contributed by atoms with van der Waals surface area (Å²) in [5, 5.41) is 3.81. The maximum Gasteiger partial charge on any atom is 0.236 e. The number of nitrogens with one attached hydrogen (secondary N) is 1. The van der Waals surface area contributed by atoms with Crippen LogP contribution in [0.25, 0.3) is 0 Å². The zero-order chi connectivity index (χ0) is 13.7. The van der Waals surface area contributed by atoms with Gasteiger partial charge in [0.15, 0.2) is 0 Å². The van der Waals surface area contributed by atoms with E-state index >= 15 is 0 Å². The molecule has 0 saturated carbocycles. The Hall–Kier alpha value is -1.30. The molecule has 0 spiro atoms. The molecule has 1 saturated heterocycles. The van der Waals surface area contributed by atoms with Gasteiger partial charge >= 0.3 is 0 Å². The van der Waals surface area contributed by atoms with E-state index in [1.165, 1.54) is 0 Å². The minimum atomic E-state index is -0.296. The Labute approximate surface area is 117 Å². The highest BCUT2D eigenvalue weighted by Gasteiger charge is 2.26. The van der Waals surface area contributed by atoms with Crippen LogP contribution in [0.3, 0.4) is 0 Å². The second-order valence-electron chi connectivity index (χ2n) is 4.46. The van der Waals surface area contributed by atoms with Crippen LogP contribution in [0.2, 0.25) is 5.02 Å². The van der Waals surface area contributed by atoms with Crippen molar-refractivity contribution in [3.8, 4) is 5.75 Å². The van der Waals surface area contributed by atoms with Crippen LogP contribution >= 0.6 is 11.6 Å². The number of carbonyl (C=O) groups is 1. The average molecular weight is 284 g/mol. The van der Waals surface area contributed by atoms with Gasteiger partial charge in [0.25, 0.3) is 0 Å². The average Bonchev–Trinajstić information content (AvgIpc) is 2.39. The van der Waals surface area contributed by atoms with Gasteiger partial charge in [-0.1, -0.05) is 17.7 Å². The van der Waals surface area contributed by atoms with E-state index in [-0.39, 0.29) is 11.9 Å². The number of piperazine rings is 1. The third-order valence-corrected chi connectivity index (χ3v) is 3.36. The fraction of sp³-hybridized carbons (Fsp3) is 0.462. The quantitative estimate of drug-likeness (QED) is 0.825. The van der Waals surface area contributed by atoms with Crippen LogP contribution in [0.5, 0.6) is 5.75 Å². The molecule has 1 unspecified atom stereocenters. The summed E-state index contributed by atoms with van der Waals surface area (Å²) in [7, 11) is 0. The summed E-state index contributed by atoms with van der Waals surface area (Å²) in [4.78, 5) is 13.4. The summed E-state index contributed by atoms with van der Waals surface area (Å²) < 4.78 is 5.62. The van der Waals surface area contributed by atoms with Crippen LogP contribution in [0, 0.1) is 0 Å². The highest BCUT2D eigenvalue weighted by Crippen LogP contribution is 2.17. The fourth-order valence-corrected chi connectivity index (χ4v) is 2.31. The first-order chi connectivity index (χ1) is 9.16. The number of carbonyl (C=O) groups excluding carboxylic acids is 1. The molecule has 19 heavy (non-hydrogen) atoms. The molecule has 0 aromatic heterocycles. The predicted octanol–water partition coefficient (Wildman–Crippen LogP) is 0.478. The van der Waals surface area contributed by atoms with Crippen molar-refractivity contribution in [2.75, 3.05) is 32.8 Å². The number of primary amides is 1. The Balaban J connectivity index is 1.82. The van der Waals surface area contributed by atoms with Gasteiger partial charge in [0.1, 0.15) is 18.4 Å². The van der Waals surface area contributed by atoms with Crippen molar-refractivity contribution in [2.24, 2.45) is 5.73 Å². The zero-order valence-electron chi connectivity index (χ0n) is 10.6. The third kappa shape index (κ3) is 4.09. The Kier molecular flexibility index (Phi) is 5.01. The predicted molar refractivity (Wildman–Crippen MR) is 74.4 cm³/mol. The molecule has 1 amide bonds. The van der Waals surface area contributed by atoms with Crippen LogP contribution in [0.1, 0.15) is 0 Å². The van der Waals surface area contributed by atoms with E-state index in [4.69, 9.17) is 22.1 Å². The number of ether oxygens (including phenoxy) is 1. The molecule has 1 aromatic carbocycles. The molecule has 104 valence electrons. The second-order valence-corrected chi connectivity index (χ2v) is 4.90. The van der Waals surface area contributed by atoms with Crippen molar-refractivity contribution in [1.29, 1.82) is 0 Å². The molecule has 0 aliphatic carbocycles. The minimum Gasteiger partial charge on any atom is -0.492 e. The van der Waals surface area contributed by atoms with Gasteiger partial charge < -0.3 is 15.8 Å². The number of hydrogen-bond acceptors (Lipinski definition) is 4. The monoisotopic (exact) mass is 283 g/mol. The number of amides is 1. The highest BCUT2D eigenvalue weighted by atomic mass is 35.5. The van der Waals surface area contributed by atoms with Crippen molar-refractivity contribution in [1.82, 2.24) is 10.2 Å². The smallest absolute Gasteiger partial charge is 0.236 e. The molecule has 5 nitrogen and oxygen atoms in total. The molecule has 1 aliphatic rings. The number of halogens is 1. The van der Waals surface area contributed by atoms with E-state index in [2.05, 4.69) is 5.32 Å². The molecule has 6 heteroatoms. The molecule has 1 fully saturated rings. The number of nitrogens with two attached hydrogens (primary N) is 1. The molecule has 0 radical (unpaired) electrons. The van der Waals surface area contributed by atoms with Gasteiger partial charge in [-0.05, 0) is 18.2 Å². The van der Waals surface area contributed by atoms with E-state index in [0.717, 1.165) is 18.8 Å². The Morgan fingerprint density at radius 3 is 3.16 bits per heavy atom. The van der Waals surface area contributed by atoms with Crippen LogP contribution in [-0.4, -0.2) is 49.6 Å². The van der Waals surface area contributed by atoms with Crippen molar-refractivity contribution in [2.45, 2.75) is 6.04 Å². The van der Waals surface area contributed by atoms with Crippen LogP contribution in [0.15, 0.2) is 24.3 Å². The number of hydrogen-bond donors (Lipinski definition) is 2. The van der Waals surface area contributed by atoms with Crippen LogP contribution < -0.4 is 15.8 Å². The van der Waals surface area contributed by atoms with Gasteiger partial charge in [0, 0.05) is 31.2 Å². The van der Waals surface area contributed by atoms with E-state index in [1.807, 2.05) is 17.0 Å². The van der Waals surface area contributed by atoms with Crippen molar-refractivity contribution >= 4 is 17.5 Å². The van der Waals surface area contributed by atoms with Crippen LogP contribution in [-0.2, 0) is 4.79 Å². The molecule has 3 N–H and O–H groups in total. The molecule has 1 heterocycles. The largest absolute Gasteiger partial charge is 0.492 e. The summed E-state index contributed by atoms with van der Waals surface area (Å²) in [6, 6.07) is 7.01. The van der Waals surface area contributed by atoms with Crippen molar-refractivity contribution in [3.05, 3.63) is 29.3 Å². The van der Waals surface area contributed by atoms with Crippen molar-refractivity contribution in [3.63, 3.8) is 0 Å². The summed E-state index contributed by atoms with van der Waals surface area (Å²) in [6.45, 7) is 3.44. The zero-order valence-corrected chi connectivity index (χ0v) is 11.4. The molecule has 0 bridgehead atoms. The normalized spacial score (nSPS) is 20.2. The SMILES string of the molecule is NC(=O)C1CNCCN1CCOc1cccc(Cl)c1. The summed E-state index contributed by atoms with van der Waals surface area (Å²) in [5.41, 5.74) is 5.38. The Morgan fingerprint density at radius 2 is 2.42 bits per heavy atom. The van der Waals surface area contributed by atoms with Gasteiger partial charge in [-0.15, -0.1) is 0 Å². The van der Waals surface area contributed by atoms with Gasteiger partial charge in [0.2, 0.25) is 5.91 Å². The van der Waals surface area contributed by atoms with Crippen molar-refractivity contribution < 1.29 is 9.53 Å². The molecule has 1 atom stereocenters.